The minimum Gasteiger partial charge on any atom is -0.463 e. The monoisotopic (exact) mass is 360 g/mol. The fourth-order valence-electron chi connectivity index (χ4n) is 3.73. The molecule has 140 valence electrons. The SMILES string of the molecule is C=CC(=O)OCCCCCCc1cccc2c1CCC(c1ccccc1)=C2. The number of allylic oxidation sites excluding steroid dienone is 1. The number of aryl methyl sites for hydroxylation is 1. The van der Waals surface area contributed by atoms with E-state index in [1.54, 1.807) is 0 Å². The topological polar surface area (TPSA) is 26.3 Å². The molecule has 0 aromatic heterocycles. The third-order valence-electron chi connectivity index (χ3n) is 5.18. The van der Waals surface area contributed by atoms with Crippen LogP contribution in [0, 0.1) is 0 Å². The molecular weight excluding hydrogens is 332 g/mol. The van der Waals surface area contributed by atoms with Crippen LogP contribution in [0.2, 0.25) is 0 Å². The molecule has 0 heterocycles. The van der Waals surface area contributed by atoms with Crippen LogP contribution < -0.4 is 0 Å². The standard InChI is InChI=1S/C25H28O2/c1-2-25(26)27-18-9-4-3-6-13-21-14-10-15-23-19-22(16-17-24(21)23)20-11-7-5-8-12-20/h2,5,7-8,10-12,14-15,19H,1,3-4,6,9,13,16-18H2. The molecule has 0 spiro atoms. The Kier molecular flexibility index (Phi) is 7.04. The van der Waals surface area contributed by atoms with Gasteiger partial charge < -0.3 is 4.74 Å². The Morgan fingerprint density at radius 1 is 0.963 bits per heavy atom. The van der Waals surface area contributed by atoms with E-state index in [0.29, 0.717) is 6.61 Å². The van der Waals surface area contributed by atoms with Crippen LogP contribution in [0.5, 0.6) is 0 Å². The van der Waals surface area contributed by atoms with Crippen molar-refractivity contribution in [1.82, 2.24) is 0 Å². The maximum atomic E-state index is 11.0. The van der Waals surface area contributed by atoms with Crippen molar-refractivity contribution in [3.05, 3.63) is 83.4 Å². The molecule has 2 heteroatoms. The molecule has 0 saturated carbocycles. The molecule has 0 unspecified atom stereocenters. The lowest BCUT2D eigenvalue weighted by Crippen LogP contribution is -2.04. The van der Waals surface area contributed by atoms with Crippen LogP contribution in [0.1, 0.15) is 54.4 Å². The fraction of sp³-hybridized carbons (Fsp3) is 0.320. The van der Waals surface area contributed by atoms with Gasteiger partial charge in [0.1, 0.15) is 0 Å². The van der Waals surface area contributed by atoms with Gasteiger partial charge in [-0.15, -0.1) is 0 Å². The van der Waals surface area contributed by atoms with Crippen LogP contribution in [0.15, 0.2) is 61.2 Å². The Labute approximate surface area is 162 Å². The van der Waals surface area contributed by atoms with Gasteiger partial charge in [-0.05, 0) is 59.9 Å². The van der Waals surface area contributed by atoms with Crippen LogP contribution in [0.4, 0.5) is 0 Å². The van der Waals surface area contributed by atoms with Gasteiger partial charge in [0.15, 0.2) is 0 Å². The second-order valence-electron chi connectivity index (χ2n) is 7.06. The summed E-state index contributed by atoms with van der Waals surface area (Å²) in [6, 6.07) is 17.4. The molecule has 1 aliphatic rings. The maximum absolute atomic E-state index is 11.0. The number of hydrogen-bond donors (Lipinski definition) is 0. The van der Waals surface area contributed by atoms with Gasteiger partial charge in [-0.2, -0.15) is 0 Å². The van der Waals surface area contributed by atoms with E-state index in [9.17, 15) is 4.79 Å². The third kappa shape index (κ3) is 5.43. The first-order valence-corrected chi connectivity index (χ1v) is 9.94. The van der Waals surface area contributed by atoms with E-state index < -0.39 is 0 Å². The van der Waals surface area contributed by atoms with Crippen molar-refractivity contribution in [3.63, 3.8) is 0 Å². The summed E-state index contributed by atoms with van der Waals surface area (Å²) in [7, 11) is 0. The molecule has 2 aromatic rings. The lowest BCUT2D eigenvalue weighted by Gasteiger charge is -2.20. The zero-order chi connectivity index (χ0) is 18.9. The minimum absolute atomic E-state index is 0.325. The predicted molar refractivity (Wildman–Crippen MR) is 112 cm³/mol. The number of hydrogen-bond acceptors (Lipinski definition) is 2. The molecular formula is C25H28O2. The van der Waals surface area contributed by atoms with Crippen molar-refractivity contribution in [1.29, 1.82) is 0 Å². The van der Waals surface area contributed by atoms with Gasteiger partial charge in [-0.3, -0.25) is 0 Å². The number of fused-ring (bicyclic) bond motifs is 1. The lowest BCUT2D eigenvalue weighted by atomic mass is 9.85. The van der Waals surface area contributed by atoms with Crippen LogP contribution >= 0.6 is 0 Å². The first-order valence-electron chi connectivity index (χ1n) is 9.94. The van der Waals surface area contributed by atoms with Crippen molar-refractivity contribution in [2.75, 3.05) is 6.61 Å². The smallest absolute Gasteiger partial charge is 0.330 e. The molecule has 27 heavy (non-hydrogen) atoms. The van der Waals surface area contributed by atoms with Crippen LogP contribution in [-0.4, -0.2) is 12.6 Å². The van der Waals surface area contributed by atoms with Crippen molar-refractivity contribution >= 4 is 17.6 Å². The van der Waals surface area contributed by atoms with Gasteiger partial charge >= 0.3 is 5.97 Å². The number of esters is 1. The third-order valence-corrected chi connectivity index (χ3v) is 5.18. The maximum Gasteiger partial charge on any atom is 0.330 e. The quantitative estimate of drug-likeness (QED) is 0.311. The van der Waals surface area contributed by atoms with Gasteiger partial charge in [0, 0.05) is 6.08 Å². The van der Waals surface area contributed by atoms with E-state index in [1.807, 2.05) is 0 Å². The Balaban J connectivity index is 1.52. The van der Waals surface area contributed by atoms with E-state index in [0.717, 1.165) is 32.1 Å². The van der Waals surface area contributed by atoms with E-state index in [4.69, 9.17) is 4.74 Å². The highest BCUT2D eigenvalue weighted by Crippen LogP contribution is 2.32. The van der Waals surface area contributed by atoms with Crippen LogP contribution in [0.25, 0.3) is 11.6 Å². The normalized spacial score (nSPS) is 12.8. The summed E-state index contributed by atoms with van der Waals surface area (Å²) in [6.45, 7) is 3.90. The van der Waals surface area contributed by atoms with Crippen LogP contribution in [0.3, 0.4) is 0 Å². The molecule has 0 amide bonds. The molecule has 0 bridgehead atoms. The summed E-state index contributed by atoms with van der Waals surface area (Å²) in [5.41, 5.74) is 7.18. The Morgan fingerprint density at radius 2 is 1.78 bits per heavy atom. The molecule has 3 rings (SSSR count). The fourth-order valence-corrected chi connectivity index (χ4v) is 3.73. The highest BCUT2D eigenvalue weighted by molar-refractivity contribution is 5.84. The molecule has 0 saturated heterocycles. The van der Waals surface area contributed by atoms with E-state index in [2.05, 4.69) is 61.2 Å². The summed E-state index contributed by atoms with van der Waals surface area (Å²) in [5, 5.41) is 0. The Bertz CT molecular complexity index is 802. The number of benzene rings is 2. The molecule has 0 N–H and O–H groups in total. The van der Waals surface area contributed by atoms with Gasteiger partial charge in [0.25, 0.3) is 0 Å². The average molecular weight is 360 g/mol. The van der Waals surface area contributed by atoms with Gasteiger partial charge in [-0.25, -0.2) is 4.79 Å². The van der Waals surface area contributed by atoms with Crippen LogP contribution in [-0.2, 0) is 22.4 Å². The van der Waals surface area contributed by atoms with Gasteiger partial charge in [0.05, 0.1) is 6.61 Å². The number of rotatable bonds is 9. The summed E-state index contributed by atoms with van der Waals surface area (Å²) in [6.07, 6.45) is 11.3. The predicted octanol–water partition coefficient (Wildman–Crippen LogP) is 6.01. The first kappa shape index (κ1) is 19.2. The van der Waals surface area contributed by atoms with Gasteiger partial charge in [-0.1, -0.05) is 74.0 Å². The Morgan fingerprint density at radius 3 is 2.59 bits per heavy atom. The Hall–Kier alpha value is -2.61. The number of ether oxygens (including phenoxy) is 1. The molecule has 0 radical (unpaired) electrons. The summed E-state index contributed by atoms with van der Waals surface area (Å²) in [4.78, 5) is 11.0. The summed E-state index contributed by atoms with van der Waals surface area (Å²) in [5.74, 6) is -0.325. The second kappa shape index (κ2) is 9.91. The van der Waals surface area contributed by atoms with E-state index in [-0.39, 0.29) is 5.97 Å². The molecule has 2 nitrogen and oxygen atoms in total. The molecule has 0 aliphatic heterocycles. The minimum atomic E-state index is -0.325. The molecule has 2 aromatic carbocycles. The van der Waals surface area contributed by atoms with E-state index in [1.165, 1.54) is 46.7 Å². The van der Waals surface area contributed by atoms with Crippen molar-refractivity contribution in [2.24, 2.45) is 0 Å². The first-order chi connectivity index (χ1) is 13.3. The van der Waals surface area contributed by atoms with Crippen molar-refractivity contribution < 1.29 is 9.53 Å². The summed E-state index contributed by atoms with van der Waals surface area (Å²) < 4.78 is 5.01. The highest BCUT2D eigenvalue weighted by Gasteiger charge is 2.14. The molecule has 0 atom stereocenters. The number of unbranched alkanes of at least 4 members (excludes halogenated alkanes) is 3. The molecule has 1 aliphatic carbocycles. The van der Waals surface area contributed by atoms with Crippen molar-refractivity contribution in [3.8, 4) is 0 Å². The zero-order valence-electron chi connectivity index (χ0n) is 16.0. The molecule has 0 fully saturated rings. The number of carbonyl (C=O) groups is 1. The summed E-state index contributed by atoms with van der Waals surface area (Å²) >= 11 is 0. The zero-order valence-corrected chi connectivity index (χ0v) is 16.0. The number of carbonyl (C=O) groups excluding carboxylic acids is 1. The average Bonchev–Trinajstić information content (AvgIpc) is 2.73. The largest absolute Gasteiger partial charge is 0.463 e. The second-order valence-corrected chi connectivity index (χ2v) is 7.06. The van der Waals surface area contributed by atoms with Gasteiger partial charge in [0.2, 0.25) is 0 Å². The highest BCUT2D eigenvalue weighted by atomic mass is 16.5. The van der Waals surface area contributed by atoms with Crippen molar-refractivity contribution in [2.45, 2.75) is 44.9 Å². The lowest BCUT2D eigenvalue weighted by molar-refractivity contribution is -0.137. The van der Waals surface area contributed by atoms with E-state index >= 15 is 0 Å².